The number of pyridine rings is 1. The second-order valence-corrected chi connectivity index (χ2v) is 9.32. The van der Waals surface area contributed by atoms with E-state index in [4.69, 9.17) is 4.98 Å². The number of H-pyrrole nitrogens is 1. The van der Waals surface area contributed by atoms with Gasteiger partial charge in [0.2, 0.25) is 5.91 Å². The number of rotatable bonds is 5. The maximum atomic E-state index is 12.8. The maximum absolute atomic E-state index is 12.8. The number of carbonyl (C=O) groups excluding carboxylic acids is 1. The van der Waals surface area contributed by atoms with Crippen molar-refractivity contribution < 1.29 is 4.79 Å². The van der Waals surface area contributed by atoms with Crippen LogP contribution in [0.4, 0.5) is 5.82 Å². The van der Waals surface area contributed by atoms with Crippen LogP contribution in [0, 0.1) is 23.2 Å². The standard InChI is InChI=1S/C23H26N6O/c24-10-17-9-19(18-11-25-26-12-18)21(15-3-4-15)27-22(17)28-7-8-29(23(30)16-5-6-16)20(13-28)14-1-2-14/h9,11-12,14-16,20H,1-8,13H2,(H,25,26). The first-order chi connectivity index (χ1) is 14.7. The van der Waals surface area contributed by atoms with Crippen LogP contribution in [0.15, 0.2) is 18.5 Å². The lowest BCUT2D eigenvalue weighted by Crippen LogP contribution is -2.57. The van der Waals surface area contributed by atoms with Crippen molar-refractivity contribution in [1.29, 1.82) is 5.26 Å². The number of piperazine rings is 1. The molecule has 4 fully saturated rings. The fourth-order valence-electron chi connectivity index (χ4n) is 4.86. The van der Waals surface area contributed by atoms with Crippen LogP contribution in [-0.4, -0.2) is 51.7 Å². The van der Waals surface area contributed by atoms with Crippen LogP contribution < -0.4 is 4.90 Å². The third kappa shape index (κ3) is 3.15. The molecular weight excluding hydrogens is 376 g/mol. The lowest BCUT2D eigenvalue weighted by Gasteiger charge is -2.43. The molecular formula is C23H26N6O. The van der Waals surface area contributed by atoms with Crippen molar-refractivity contribution in [2.24, 2.45) is 11.8 Å². The van der Waals surface area contributed by atoms with Gasteiger partial charge >= 0.3 is 0 Å². The molecule has 1 atom stereocenters. The molecule has 154 valence electrons. The van der Waals surface area contributed by atoms with E-state index < -0.39 is 0 Å². The van der Waals surface area contributed by atoms with E-state index in [0.717, 1.165) is 68.0 Å². The van der Waals surface area contributed by atoms with Crippen LogP contribution in [-0.2, 0) is 4.79 Å². The molecule has 0 bridgehead atoms. The number of nitrogens with one attached hydrogen (secondary N) is 1. The number of hydrogen-bond acceptors (Lipinski definition) is 5. The normalized spacial score (nSPS) is 24.0. The second-order valence-electron chi connectivity index (χ2n) is 9.32. The highest BCUT2D eigenvalue weighted by Crippen LogP contribution is 2.45. The average Bonchev–Trinajstić information content (AvgIpc) is 3.64. The van der Waals surface area contributed by atoms with E-state index >= 15 is 0 Å². The molecule has 6 rings (SSSR count). The van der Waals surface area contributed by atoms with Crippen molar-refractivity contribution in [3.8, 4) is 17.2 Å². The van der Waals surface area contributed by atoms with Crippen LogP contribution in [0.2, 0.25) is 0 Å². The van der Waals surface area contributed by atoms with Crippen molar-refractivity contribution in [3.63, 3.8) is 0 Å². The number of nitrogens with zero attached hydrogens (tertiary/aromatic N) is 5. The molecule has 1 N–H and O–H groups in total. The van der Waals surface area contributed by atoms with Crippen LogP contribution >= 0.6 is 0 Å². The third-order valence-electron chi connectivity index (χ3n) is 7.02. The summed E-state index contributed by atoms with van der Waals surface area (Å²) < 4.78 is 0. The van der Waals surface area contributed by atoms with Gasteiger partial charge in [-0.15, -0.1) is 0 Å². The van der Waals surface area contributed by atoms with Crippen molar-refractivity contribution in [3.05, 3.63) is 29.7 Å². The Hall–Kier alpha value is -2.88. The van der Waals surface area contributed by atoms with E-state index in [2.05, 4.69) is 26.1 Å². The predicted octanol–water partition coefficient (Wildman–Crippen LogP) is 3.06. The summed E-state index contributed by atoms with van der Waals surface area (Å²) in [6.45, 7) is 2.28. The van der Waals surface area contributed by atoms with E-state index in [1.54, 1.807) is 6.20 Å². The van der Waals surface area contributed by atoms with Gasteiger partial charge in [-0.2, -0.15) is 10.4 Å². The van der Waals surface area contributed by atoms with Crippen molar-refractivity contribution in [1.82, 2.24) is 20.1 Å². The van der Waals surface area contributed by atoms with Crippen molar-refractivity contribution >= 4 is 11.7 Å². The van der Waals surface area contributed by atoms with E-state index in [1.807, 2.05) is 12.3 Å². The molecule has 0 aromatic carbocycles. The van der Waals surface area contributed by atoms with Gasteiger partial charge in [-0.3, -0.25) is 9.89 Å². The summed E-state index contributed by atoms with van der Waals surface area (Å²) in [5.41, 5.74) is 3.72. The highest BCUT2D eigenvalue weighted by Gasteiger charge is 2.45. The van der Waals surface area contributed by atoms with Gasteiger partial charge in [0.15, 0.2) is 0 Å². The summed E-state index contributed by atoms with van der Waals surface area (Å²) >= 11 is 0. The highest BCUT2D eigenvalue weighted by atomic mass is 16.2. The Kier molecular flexibility index (Phi) is 4.08. The molecule has 3 aliphatic carbocycles. The topological polar surface area (TPSA) is 88.9 Å². The number of amides is 1. The summed E-state index contributed by atoms with van der Waals surface area (Å²) in [4.78, 5) is 22.3. The minimum atomic E-state index is 0.262. The Morgan fingerprint density at radius 2 is 2.00 bits per heavy atom. The first-order valence-corrected chi connectivity index (χ1v) is 11.2. The molecule has 0 spiro atoms. The second kappa shape index (κ2) is 6.83. The van der Waals surface area contributed by atoms with Gasteiger partial charge in [0.25, 0.3) is 0 Å². The Morgan fingerprint density at radius 3 is 2.63 bits per heavy atom. The van der Waals surface area contributed by atoms with Gasteiger partial charge in [0, 0.05) is 48.8 Å². The number of anilines is 1. The first kappa shape index (κ1) is 17.9. The van der Waals surface area contributed by atoms with Crippen LogP contribution in [0.3, 0.4) is 0 Å². The molecule has 7 nitrogen and oxygen atoms in total. The minimum Gasteiger partial charge on any atom is -0.352 e. The monoisotopic (exact) mass is 402 g/mol. The largest absolute Gasteiger partial charge is 0.352 e. The third-order valence-corrected chi connectivity index (χ3v) is 7.02. The van der Waals surface area contributed by atoms with Gasteiger partial charge < -0.3 is 9.80 Å². The quantitative estimate of drug-likeness (QED) is 0.830. The molecule has 30 heavy (non-hydrogen) atoms. The zero-order valence-electron chi connectivity index (χ0n) is 17.0. The molecule has 1 amide bonds. The Labute approximate surface area is 176 Å². The number of aromatic amines is 1. The summed E-state index contributed by atoms with van der Waals surface area (Å²) in [6.07, 6.45) is 10.5. The molecule has 4 aliphatic rings. The van der Waals surface area contributed by atoms with E-state index in [1.165, 1.54) is 12.8 Å². The molecule has 3 saturated carbocycles. The maximum Gasteiger partial charge on any atom is 0.226 e. The zero-order valence-corrected chi connectivity index (χ0v) is 17.0. The van der Waals surface area contributed by atoms with Gasteiger partial charge in [0.1, 0.15) is 11.9 Å². The average molecular weight is 403 g/mol. The first-order valence-electron chi connectivity index (χ1n) is 11.2. The lowest BCUT2D eigenvalue weighted by molar-refractivity contribution is -0.135. The number of carbonyl (C=O) groups is 1. The van der Waals surface area contributed by atoms with Crippen molar-refractivity contribution in [2.75, 3.05) is 24.5 Å². The lowest BCUT2D eigenvalue weighted by atomic mass is 10.0. The fraction of sp³-hybridized carbons (Fsp3) is 0.565. The van der Waals surface area contributed by atoms with E-state index in [-0.39, 0.29) is 12.0 Å². The van der Waals surface area contributed by atoms with Gasteiger partial charge in [-0.25, -0.2) is 4.98 Å². The smallest absolute Gasteiger partial charge is 0.226 e. The van der Waals surface area contributed by atoms with E-state index in [9.17, 15) is 10.1 Å². The minimum absolute atomic E-state index is 0.262. The molecule has 2 aromatic rings. The van der Waals surface area contributed by atoms with Crippen LogP contribution in [0.1, 0.15) is 55.7 Å². The molecule has 1 unspecified atom stereocenters. The number of hydrogen-bond donors (Lipinski definition) is 1. The SMILES string of the molecule is N#Cc1cc(-c2cn[nH]c2)c(C2CC2)nc1N1CCN(C(=O)C2CC2)C(C2CC2)C1. The van der Waals surface area contributed by atoms with Gasteiger partial charge in [0.05, 0.1) is 23.5 Å². The van der Waals surface area contributed by atoms with Crippen molar-refractivity contribution in [2.45, 2.75) is 50.5 Å². The zero-order chi connectivity index (χ0) is 20.2. The summed E-state index contributed by atoms with van der Waals surface area (Å²) in [5.74, 6) is 2.50. The number of nitriles is 1. The Bertz CT molecular complexity index is 1010. The molecule has 0 radical (unpaired) electrons. The molecule has 1 aliphatic heterocycles. The van der Waals surface area contributed by atoms with Gasteiger partial charge in [-0.1, -0.05) is 0 Å². The molecule has 3 heterocycles. The Balaban J connectivity index is 1.34. The Morgan fingerprint density at radius 1 is 1.17 bits per heavy atom. The summed E-state index contributed by atoms with van der Waals surface area (Å²) in [6, 6.07) is 4.65. The molecule has 7 heteroatoms. The fourth-order valence-corrected chi connectivity index (χ4v) is 4.86. The summed E-state index contributed by atoms with van der Waals surface area (Å²) in [7, 11) is 0. The van der Waals surface area contributed by atoms with Crippen LogP contribution in [0.25, 0.3) is 11.1 Å². The summed E-state index contributed by atoms with van der Waals surface area (Å²) in [5, 5.41) is 16.9. The number of aromatic nitrogens is 3. The van der Waals surface area contributed by atoms with Gasteiger partial charge in [-0.05, 0) is 50.5 Å². The van der Waals surface area contributed by atoms with Crippen LogP contribution in [0.5, 0.6) is 0 Å². The molecule has 2 aromatic heterocycles. The van der Waals surface area contributed by atoms with E-state index in [0.29, 0.717) is 23.3 Å². The molecule has 1 saturated heterocycles. The highest BCUT2D eigenvalue weighted by molar-refractivity contribution is 5.82. The predicted molar refractivity (Wildman–Crippen MR) is 112 cm³/mol.